The Morgan fingerprint density at radius 2 is 2.05 bits per heavy atom. The first-order valence-electron chi connectivity index (χ1n) is 6.03. The lowest BCUT2D eigenvalue weighted by atomic mass is 10.2. The largest absolute Gasteiger partial charge is 0.320 e. The van der Waals surface area contributed by atoms with Crippen LogP contribution in [0.5, 0.6) is 0 Å². The molecule has 0 fully saturated rings. The third kappa shape index (κ3) is 3.93. The maximum Gasteiger partial charge on any atom is 0.255 e. The Bertz CT molecular complexity index is 686. The lowest BCUT2D eigenvalue weighted by molar-refractivity contribution is 0.102. The van der Waals surface area contributed by atoms with Crippen LogP contribution in [0.3, 0.4) is 0 Å². The van der Waals surface area contributed by atoms with Gasteiger partial charge in [-0.15, -0.1) is 0 Å². The number of aryl methyl sites for hydroxylation is 1. The van der Waals surface area contributed by atoms with Crippen LogP contribution in [0.2, 0.25) is 10.2 Å². The summed E-state index contributed by atoms with van der Waals surface area (Å²) < 4.78 is 13.5. The molecular formula is C14H10BrCl2FN2O. The van der Waals surface area contributed by atoms with Crippen LogP contribution in [-0.2, 0) is 6.42 Å². The zero-order chi connectivity index (χ0) is 15.6. The van der Waals surface area contributed by atoms with Crippen molar-refractivity contribution in [1.82, 2.24) is 4.98 Å². The number of aromatic nitrogens is 1. The van der Waals surface area contributed by atoms with Gasteiger partial charge in [-0.1, -0.05) is 30.1 Å². The first kappa shape index (κ1) is 16.2. The van der Waals surface area contributed by atoms with Crippen molar-refractivity contribution in [1.29, 1.82) is 0 Å². The summed E-state index contributed by atoms with van der Waals surface area (Å²) >= 11 is 15.0. The Kier molecular flexibility index (Phi) is 5.19. The van der Waals surface area contributed by atoms with Crippen molar-refractivity contribution in [3.8, 4) is 0 Å². The van der Waals surface area contributed by atoms with E-state index >= 15 is 0 Å². The molecule has 0 saturated heterocycles. The predicted molar refractivity (Wildman–Crippen MR) is 85.7 cm³/mol. The zero-order valence-electron chi connectivity index (χ0n) is 10.9. The molecule has 1 aromatic heterocycles. The van der Waals surface area contributed by atoms with E-state index in [2.05, 4.69) is 26.2 Å². The van der Waals surface area contributed by atoms with Gasteiger partial charge in [-0.05, 0) is 46.6 Å². The smallest absolute Gasteiger partial charge is 0.255 e. The van der Waals surface area contributed by atoms with Gasteiger partial charge < -0.3 is 5.32 Å². The van der Waals surface area contributed by atoms with Crippen LogP contribution in [-0.4, -0.2) is 10.9 Å². The Morgan fingerprint density at radius 3 is 2.67 bits per heavy atom. The molecule has 0 bridgehead atoms. The number of anilines is 1. The van der Waals surface area contributed by atoms with Gasteiger partial charge in [0.15, 0.2) is 0 Å². The van der Waals surface area contributed by atoms with E-state index in [1.807, 2.05) is 6.92 Å². The quantitative estimate of drug-likeness (QED) is 0.739. The van der Waals surface area contributed by atoms with Crippen LogP contribution in [0, 0.1) is 5.82 Å². The molecule has 110 valence electrons. The highest BCUT2D eigenvalue weighted by Crippen LogP contribution is 2.32. The number of halogens is 4. The monoisotopic (exact) mass is 390 g/mol. The minimum absolute atomic E-state index is 0.103. The highest BCUT2D eigenvalue weighted by molar-refractivity contribution is 9.10. The maximum atomic E-state index is 13.2. The van der Waals surface area contributed by atoms with E-state index in [1.54, 1.807) is 6.07 Å². The van der Waals surface area contributed by atoms with Crippen molar-refractivity contribution in [2.75, 3.05) is 5.32 Å². The minimum Gasteiger partial charge on any atom is -0.320 e. The SMILES string of the molecule is CCc1cc(C(=O)Nc2c(Cl)cc(F)cc2Br)cc(Cl)n1. The van der Waals surface area contributed by atoms with Crippen molar-refractivity contribution in [3.63, 3.8) is 0 Å². The molecule has 0 aliphatic heterocycles. The molecule has 21 heavy (non-hydrogen) atoms. The second-order valence-electron chi connectivity index (χ2n) is 4.22. The summed E-state index contributed by atoms with van der Waals surface area (Å²) in [7, 11) is 0. The molecule has 1 heterocycles. The molecular weight excluding hydrogens is 382 g/mol. The number of hydrogen-bond acceptors (Lipinski definition) is 2. The Balaban J connectivity index is 2.32. The minimum atomic E-state index is -0.495. The van der Waals surface area contributed by atoms with Crippen molar-refractivity contribution in [2.24, 2.45) is 0 Å². The van der Waals surface area contributed by atoms with Crippen molar-refractivity contribution in [3.05, 3.63) is 56.0 Å². The Morgan fingerprint density at radius 1 is 1.33 bits per heavy atom. The van der Waals surface area contributed by atoms with Gasteiger partial charge in [0.1, 0.15) is 11.0 Å². The zero-order valence-corrected chi connectivity index (χ0v) is 14.0. The van der Waals surface area contributed by atoms with Gasteiger partial charge in [-0.2, -0.15) is 0 Å². The third-order valence-electron chi connectivity index (χ3n) is 2.72. The standard InChI is InChI=1S/C14H10BrCl2FN2O/c1-2-9-3-7(4-12(17)19-9)14(21)20-13-10(15)5-8(18)6-11(13)16/h3-6H,2H2,1H3,(H,20,21). The molecule has 0 unspecified atom stereocenters. The number of pyridine rings is 1. The molecule has 0 atom stereocenters. The molecule has 1 N–H and O–H groups in total. The lowest BCUT2D eigenvalue weighted by Gasteiger charge is -2.10. The number of rotatable bonds is 3. The molecule has 0 saturated carbocycles. The topological polar surface area (TPSA) is 42.0 Å². The van der Waals surface area contributed by atoms with Crippen LogP contribution in [0.15, 0.2) is 28.7 Å². The number of nitrogens with one attached hydrogen (secondary N) is 1. The van der Waals surface area contributed by atoms with Crippen LogP contribution in [0.4, 0.5) is 10.1 Å². The summed E-state index contributed by atoms with van der Waals surface area (Å²) in [6.45, 7) is 1.91. The number of nitrogens with zero attached hydrogens (tertiary/aromatic N) is 1. The summed E-state index contributed by atoms with van der Waals surface area (Å²) in [5.74, 6) is -0.895. The van der Waals surface area contributed by atoms with Gasteiger partial charge in [0.2, 0.25) is 0 Å². The molecule has 3 nitrogen and oxygen atoms in total. The summed E-state index contributed by atoms with van der Waals surface area (Å²) in [6.07, 6.45) is 0.655. The van der Waals surface area contributed by atoms with Gasteiger partial charge in [-0.3, -0.25) is 4.79 Å². The fourth-order valence-electron chi connectivity index (χ4n) is 1.71. The van der Waals surface area contributed by atoms with Crippen LogP contribution in [0.25, 0.3) is 0 Å². The van der Waals surface area contributed by atoms with Crippen LogP contribution in [0.1, 0.15) is 23.0 Å². The fraction of sp³-hybridized carbons (Fsp3) is 0.143. The molecule has 2 rings (SSSR count). The predicted octanol–water partition coefficient (Wildman–Crippen LogP) is 5.10. The molecule has 0 spiro atoms. The summed E-state index contributed by atoms with van der Waals surface area (Å²) in [6, 6.07) is 5.45. The van der Waals surface area contributed by atoms with E-state index in [1.165, 1.54) is 12.1 Å². The number of amides is 1. The van der Waals surface area contributed by atoms with Gasteiger partial charge >= 0.3 is 0 Å². The number of hydrogen-bond donors (Lipinski definition) is 1. The normalized spacial score (nSPS) is 10.5. The van der Waals surface area contributed by atoms with E-state index in [0.29, 0.717) is 27.8 Å². The van der Waals surface area contributed by atoms with Crippen molar-refractivity contribution < 1.29 is 9.18 Å². The average molecular weight is 392 g/mol. The van der Waals surface area contributed by atoms with E-state index < -0.39 is 11.7 Å². The highest BCUT2D eigenvalue weighted by atomic mass is 79.9. The van der Waals surface area contributed by atoms with E-state index in [-0.39, 0.29) is 10.2 Å². The first-order valence-corrected chi connectivity index (χ1v) is 7.58. The second kappa shape index (κ2) is 6.73. The molecule has 2 aromatic rings. The van der Waals surface area contributed by atoms with Gasteiger partial charge in [0.25, 0.3) is 5.91 Å². The van der Waals surface area contributed by atoms with E-state index in [0.717, 1.165) is 6.07 Å². The number of carbonyl (C=O) groups is 1. The number of benzene rings is 1. The van der Waals surface area contributed by atoms with Crippen molar-refractivity contribution in [2.45, 2.75) is 13.3 Å². The Labute approximate surface area is 139 Å². The van der Waals surface area contributed by atoms with E-state index in [9.17, 15) is 9.18 Å². The van der Waals surface area contributed by atoms with Gasteiger partial charge in [0.05, 0.1) is 10.7 Å². The van der Waals surface area contributed by atoms with E-state index in [4.69, 9.17) is 23.2 Å². The fourth-order valence-corrected chi connectivity index (χ4v) is 2.84. The summed E-state index contributed by atoms with van der Waals surface area (Å²) in [4.78, 5) is 16.3. The number of carbonyl (C=O) groups excluding carboxylic acids is 1. The summed E-state index contributed by atoms with van der Waals surface area (Å²) in [5, 5.41) is 2.97. The molecule has 0 radical (unpaired) electrons. The average Bonchev–Trinajstić information content (AvgIpc) is 2.41. The maximum absolute atomic E-state index is 13.2. The first-order chi connectivity index (χ1) is 9.90. The molecule has 0 aliphatic carbocycles. The lowest BCUT2D eigenvalue weighted by Crippen LogP contribution is -2.13. The van der Waals surface area contributed by atoms with Crippen molar-refractivity contribution >= 4 is 50.7 Å². The third-order valence-corrected chi connectivity index (χ3v) is 3.83. The van der Waals surface area contributed by atoms with Gasteiger partial charge in [0, 0.05) is 15.7 Å². The second-order valence-corrected chi connectivity index (χ2v) is 5.87. The Hall–Kier alpha value is -1.17. The summed E-state index contributed by atoms with van der Waals surface area (Å²) in [5.41, 5.74) is 1.37. The van der Waals surface area contributed by atoms with Crippen LogP contribution >= 0.6 is 39.1 Å². The highest BCUT2D eigenvalue weighted by Gasteiger charge is 2.14. The van der Waals surface area contributed by atoms with Crippen LogP contribution < -0.4 is 5.32 Å². The molecule has 7 heteroatoms. The van der Waals surface area contributed by atoms with Gasteiger partial charge in [-0.25, -0.2) is 9.37 Å². The molecule has 0 aliphatic rings. The molecule has 1 amide bonds. The molecule has 1 aromatic carbocycles.